The zero-order chi connectivity index (χ0) is 19.4. The number of hydrogen-bond donors (Lipinski definition) is 2. The summed E-state index contributed by atoms with van der Waals surface area (Å²) >= 11 is 1.65. The Balaban J connectivity index is 1.48. The number of hydrogen-bond acceptors (Lipinski definition) is 4. The molecule has 2 heterocycles. The molecular formula is C19H28N4O3S. The first-order valence-corrected chi connectivity index (χ1v) is 10.4. The quantitative estimate of drug-likeness (QED) is 0.774. The monoisotopic (exact) mass is 392 g/mol. The molecule has 1 saturated heterocycles. The van der Waals surface area contributed by atoms with E-state index in [9.17, 15) is 14.4 Å². The van der Waals surface area contributed by atoms with Crippen LogP contribution < -0.4 is 10.6 Å². The molecule has 148 valence electrons. The molecule has 0 aromatic carbocycles. The topological polar surface area (TPSA) is 81.8 Å². The van der Waals surface area contributed by atoms with Gasteiger partial charge < -0.3 is 20.4 Å². The molecule has 1 saturated carbocycles. The Morgan fingerprint density at radius 1 is 1.33 bits per heavy atom. The fraction of sp³-hybridized carbons (Fsp3) is 0.632. The highest BCUT2D eigenvalue weighted by Gasteiger charge is 2.58. The molecule has 1 aromatic heterocycles. The molecule has 7 nitrogen and oxygen atoms in total. The number of piperidine rings is 1. The summed E-state index contributed by atoms with van der Waals surface area (Å²) in [6.07, 6.45) is 3.25. The maximum absolute atomic E-state index is 12.3. The molecule has 4 amide bonds. The number of amides is 4. The van der Waals surface area contributed by atoms with E-state index in [0.717, 1.165) is 32.4 Å². The van der Waals surface area contributed by atoms with Crippen LogP contribution in [-0.2, 0) is 16.1 Å². The molecule has 0 radical (unpaired) electrons. The van der Waals surface area contributed by atoms with Gasteiger partial charge in [0.2, 0.25) is 11.8 Å². The number of thiophene rings is 1. The van der Waals surface area contributed by atoms with Crippen molar-refractivity contribution in [1.82, 2.24) is 20.4 Å². The molecule has 1 spiro atoms. The van der Waals surface area contributed by atoms with Crippen molar-refractivity contribution in [3.05, 3.63) is 22.4 Å². The van der Waals surface area contributed by atoms with E-state index in [0.29, 0.717) is 25.6 Å². The van der Waals surface area contributed by atoms with E-state index in [1.165, 1.54) is 5.56 Å². The molecule has 2 aliphatic rings. The van der Waals surface area contributed by atoms with E-state index < -0.39 is 0 Å². The fourth-order valence-corrected chi connectivity index (χ4v) is 4.72. The lowest BCUT2D eigenvalue weighted by Crippen LogP contribution is -2.43. The van der Waals surface area contributed by atoms with Crippen LogP contribution in [-0.4, -0.2) is 60.4 Å². The Kier molecular flexibility index (Phi) is 6.04. The summed E-state index contributed by atoms with van der Waals surface area (Å²) in [5.74, 6) is 0.210. The second kappa shape index (κ2) is 8.29. The maximum Gasteiger partial charge on any atom is 0.314 e. The van der Waals surface area contributed by atoms with Crippen LogP contribution in [0.4, 0.5) is 4.79 Å². The van der Waals surface area contributed by atoms with Gasteiger partial charge in [-0.05, 0) is 47.1 Å². The molecule has 1 aromatic rings. The highest BCUT2D eigenvalue weighted by atomic mass is 32.1. The van der Waals surface area contributed by atoms with Crippen LogP contribution in [0.3, 0.4) is 0 Å². The molecule has 27 heavy (non-hydrogen) atoms. The minimum Gasteiger partial charge on any atom is -0.343 e. The van der Waals surface area contributed by atoms with Crippen molar-refractivity contribution < 1.29 is 14.4 Å². The molecule has 2 fully saturated rings. The molecule has 0 bridgehead atoms. The van der Waals surface area contributed by atoms with Crippen molar-refractivity contribution in [3.8, 4) is 0 Å². The van der Waals surface area contributed by atoms with Gasteiger partial charge in [0.15, 0.2) is 0 Å². The van der Waals surface area contributed by atoms with Gasteiger partial charge in [0.1, 0.15) is 0 Å². The van der Waals surface area contributed by atoms with Crippen LogP contribution in [0.5, 0.6) is 0 Å². The highest BCUT2D eigenvalue weighted by molar-refractivity contribution is 7.07. The third kappa shape index (κ3) is 4.61. The minimum atomic E-state index is -0.267. The van der Waals surface area contributed by atoms with Gasteiger partial charge in [0.05, 0.1) is 0 Å². The second-order valence-corrected chi connectivity index (χ2v) is 8.28. The van der Waals surface area contributed by atoms with Crippen molar-refractivity contribution in [3.63, 3.8) is 0 Å². The Bertz CT molecular complexity index is 683. The van der Waals surface area contributed by atoms with E-state index in [-0.39, 0.29) is 23.3 Å². The van der Waals surface area contributed by atoms with Gasteiger partial charge in [0, 0.05) is 52.6 Å². The number of carbonyl (C=O) groups excluding carboxylic acids is 3. The van der Waals surface area contributed by atoms with Gasteiger partial charge in [-0.3, -0.25) is 9.59 Å². The van der Waals surface area contributed by atoms with Crippen LogP contribution in [0, 0.1) is 5.41 Å². The third-order valence-electron chi connectivity index (χ3n) is 5.82. The smallest absolute Gasteiger partial charge is 0.314 e. The number of rotatable bonds is 6. The van der Waals surface area contributed by atoms with Crippen molar-refractivity contribution in [2.45, 2.75) is 45.2 Å². The lowest BCUT2D eigenvalue weighted by molar-refractivity contribution is -0.134. The van der Waals surface area contributed by atoms with Gasteiger partial charge >= 0.3 is 6.03 Å². The van der Waals surface area contributed by atoms with E-state index in [1.54, 1.807) is 25.3 Å². The molecule has 8 heteroatoms. The number of urea groups is 1. The van der Waals surface area contributed by atoms with Crippen LogP contribution in [0.15, 0.2) is 16.8 Å². The van der Waals surface area contributed by atoms with E-state index in [4.69, 9.17) is 0 Å². The minimum absolute atomic E-state index is 0.0835. The summed E-state index contributed by atoms with van der Waals surface area (Å²) in [6.45, 7) is 4.15. The first kappa shape index (κ1) is 19.7. The molecule has 1 aliphatic carbocycles. The van der Waals surface area contributed by atoms with Gasteiger partial charge in [0.25, 0.3) is 0 Å². The fourth-order valence-electron chi connectivity index (χ4n) is 4.06. The molecule has 1 unspecified atom stereocenters. The van der Waals surface area contributed by atoms with Crippen molar-refractivity contribution in [2.75, 3.05) is 26.7 Å². The van der Waals surface area contributed by atoms with E-state index in [1.807, 2.05) is 15.2 Å². The van der Waals surface area contributed by atoms with Crippen LogP contribution in [0.1, 0.15) is 38.2 Å². The summed E-state index contributed by atoms with van der Waals surface area (Å²) < 4.78 is 0. The molecule has 1 aliphatic heterocycles. The first-order chi connectivity index (χ1) is 12.9. The van der Waals surface area contributed by atoms with Crippen LogP contribution in [0.25, 0.3) is 0 Å². The Morgan fingerprint density at radius 3 is 2.67 bits per heavy atom. The van der Waals surface area contributed by atoms with E-state index in [2.05, 4.69) is 22.1 Å². The van der Waals surface area contributed by atoms with Crippen molar-refractivity contribution in [1.29, 1.82) is 0 Å². The number of likely N-dealkylation sites (tertiary alicyclic amines) is 1. The summed E-state index contributed by atoms with van der Waals surface area (Å²) in [4.78, 5) is 39.6. The summed E-state index contributed by atoms with van der Waals surface area (Å²) in [5, 5.41) is 9.25. The van der Waals surface area contributed by atoms with Gasteiger partial charge in [-0.15, -0.1) is 0 Å². The highest BCUT2D eigenvalue weighted by Crippen LogP contribution is 2.57. The van der Waals surface area contributed by atoms with Gasteiger partial charge in [-0.2, -0.15) is 11.3 Å². The largest absolute Gasteiger partial charge is 0.343 e. The third-order valence-corrected chi connectivity index (χ3v) is 6.56. The maximum atomic E-state index is 12.3. The SMILES string of the molecule is CNC(=O)NCCC(=O)N1CCC2(CC1)CC2N(Cc1ccsc1)C(C)=O. The van der Waals surface area contributed by atoms with Gasteiger partial charge in [-0.1, -0.05) is 0 Å². The number of nitrogens with one attached hydrogen (secondary N) is 2. The predicted molar refractivity (Wildman–Crippen MR) is 104 cm³/mol. The number of nitrogens with zero attached hydrogens (tertiary/aromatic N) is 2. The normalized spacial score (nSPS) is 20.2. The summed E-state index contributed by atoms with van der Waals surface area (Å²) in [5.41, 5.74) is 1.37. The van der Waals surface area contributed by atoms with Crippen LogP contribution in [0.2, 0.25) is 0 Å². The average Bonchev–Trinajstić information content (AvgIpc) is 3.08. The first-order valence-electron chi connectivity index (χ1n) is 9.47. The second-order valence-electron chi connectivity index (χ2n) is 7.50. The lowest BCUT2D eigenvalue weighted by Gasteiger charge is -2.34. The zero-order valence-corrected chi connectivity index (χ0v) is 16.8. The zero-order valence-electron chi connectivity index (χ0n) is 16.0. The molecule has 2 N–H and O–H groups in total. The Hall–Kier alpha value is -2.09. The summed E-state index contributed by atoms with van der Waals surface area (Å²) in [6, 6.07) is 2.10. The summed E-state index contributed by atoms with van der Waals surface area (Å²) in [7, 11) is 1.55. The van der Waals surface area contributed by atoms with Gasteiger partial charge in [-0.25, -0.2) is 4.79 Å². The van der Waals surface area contributed by atoms with Crippen molar-refractivity contribution in [2.24, 2.45) is 5.41 Å². The van der Waals surface area contributed by atoms with E-state index >= 15 is 0 Å². The van der Waals surface area contributed by atoms with Crippen molar-refractivity contribution >= 4 is 29.2 Å². The lowest BCUT2D eigenvalue weighted by atomic mass is 9.92. The van der Waals surface area contributed by atoms with Crippen LogP contribution >= 0.6 is 11.3 Å². The standard InChI is InChI=1S/C19H28N4O3S/c1-14(24)23(12-15-4-10-27-13-15)16-11-19(16)5-8-22(9-6-19)17(25)3-7-21-18(26)20-2/h4,10,13,16H,3,5-9,11-12H2,1-2H3,(H2,20,21,26). The predicted octanol–water partition coefficient (Wildman–Crippen LogP) is 1.80. The average molecular weight is 393 g/mol. The Labute approximate surface area is 164 Å². The Morgan fingerprint density at radius 2 is 2.07 bits per heavy atom. The number of carbonyl (C=O) groups is 3. The molecule has 1 atom stereocenters. The molecular weight excluding hydrogens is 364 g/mol. The molecule has 3 rings (SSSR count).